The third-order valence-electron chi connectivity index (χ3n) is 2.38. The van der Waals surface area contributed by atoms with E-state index in [1.807, 2.05) is 6.92 Å². The Bertz CT molecular complexity index is 528. The van der Waals surface area contributed by atoms with Crippen molar-refractivity contribution in [2.24, 2.45) is 0 Å². The molecule has 1 atom stereocenters. The molecule has 1 unspecified atom stereocenters. The van der Waals surface area contributed by atoms with Gasteiger partial charge in [0, 0.05) is 17.1 Å². The van der Waals surface area contributed by atoms with Crippen LogP contribution in [0.3, 0.4) is 0 Å². The number of hydrogen-bond donors (Lipinski definition) is 1. The summed E-state index contributed by atoms with van der Waals surface area (Å²) in [5.74, 6) is -0.0571. The van der Waals surface area contributed by atoms with Crippen molar-refractivity contribution < 1.29 is 17.9 Å². The molecular formula is C12H12F3N3OS. The molecule has 1 N–H and O–H groups in total. The van der Waals surface area contributed by atoms with Gasteiger partial charge in [0.25, 0.3) is 0 Å². The van der Waals surface area contributed by atoms with E-state index in [-0.39, 0.29) is 11.9 Å². The van der Waals surface area contributed by atoms with Gasteiger partial charge in [0.1, 0.15) is 0 Å². The third-order valence-corrected chi connectivity index (χ3v) is 3.34. The summed E-state index contributed by atoms with van der Waals surface area (Å²) in [5, 5.41) is 3.17. The quantitative estimate of drug-likeness (QED) is 0.916. The van der Waals surface area contributed by atoms with Crippen LogP contribution < -0.4 is 10.1 Å². The first-order valence-corrected chi connectivity index (χ1v) is 6.62. The zero-order valence-corrected chi connectivity index (χ0v) is 11.3. The zero-order valence-electron chi connectivity index (χ0n) is 10.5. The molecule has 0 fully saturated rings. The molecule has 8 heteroatoms. The Morgan fingerprint density at radius 2 is 2.15 bits per heavy atom. The fourth-order valence-corrected chi connectivity index (χ4v) is 2.10. The lowest BCUT2D eigenvalue weighted by Gasteiger charge is -2.13. The van der Waals surface area contributed by atoms with Crippen LogP contribution in [-0.2, 0) is 0 Å². The molecule has 2 rings (SSSR count). The van der Waals surface area contributed by atoms with Crippen LogP contribution in [0.25, 0.3) is 0 Å². The van der Waals surface area contributed by atoms with E-state index in [4.69, 9.17) is 0 Å². The second-order valence-electron chi connectivity index (χ2n) is 4.06. The number of halogens is 3. The van der Waals surface area contributed by atoms with Crippen molar-refractivity contribution in [3.8, 4) is 5.88 Å². The Kier molecular flexibility index (Phi) is 4.43. The topological polar surface area (TPSA) is 47.0 Å². The number of ether oxygens (including phenoxy) is 1. The van der Waals surface area contributed by atoms with Gasteiger partial charge in [-0.05, 0) is 13.0 Å². The van der Waals surface area contributed by atoms with Crippen LogP contribution in [0.1, 0.15) is 17.8 Å². The molecule has 0 spiro atoms. The smallest absolute Gasteiger partial charge is 0.422 e. The molecule has 0 radical (unpaired) electrons. The number of thiazole rings is 1. The Balaban J connectivity index is 1.91. The van der Waals surface area contributed by atoms with Gasteiger partial charge in [0.15, 0.2) is 6.61 Å². The van der Waals surface area contributed by atoms with Gasteiger partial charge in [-0.1, -0.05) is 0 Å². The van der Waals surface area contributed by atoms with Crippen LogP contribution in [-0.4, -0.2) is 22.8 Å². The van der Waals surface area contributed by atoms with Gasteiger partial charge in [0.05, 0.1) is 23.4 Å². The van der Waals surface area contributed by atoms with Crippen molar-refractivity contribution in [2.75, 3.05) is 11.9 Å². The molecule has 4 nitrogen and oxygen atoms in total. The maximum absolute atomic E-state index is 12.0. The Hall–Kier alpha value is -1.83. The van der Waals surface area contributed by atoms with Crippen LogP contribution in [0.4, 0.5) is 18.9 Å². The minimum atomic E-state index is -4.36. The Labute approximate surface area is 117 Å². The molecule has 0 aliphatic rings. The van der Waals surface area contributed by atoms with E-state index in [0.717, 1.165) is 4.88 Å². The van der Waals surface area contributed by atoms with E-state index in [1.165, 1.54) is 23.6 Å². The molecule has 2 aromatic rings. The first kappa shape index (κ1) is 14.6. The summed E-state index contributed by atoms with van der Waals surface area (Å²) in [6.45, 7) is 0.617. The van der Waals surface area contributed by atoms with Gasteiger partial charge in [0.2, 0.25) is 5.88 Å². The zero-order chi connectivity index (χ0) is 14.6. The first-order valence-electron chi connectivity index (χ1n) is 5.74. The van der Waals surface area contributed by atoms with Crippen LogP contribution in [0.15, 0.2) is 30.0 Å². The Morgan fingerprint density at radius 1 is 1.35 bits per heavy atom. The molecule has 0 saturated carbocycles. The number of pyridine rings is 1. The summed E-state index contributed by atoms with van der Waals surface area (Å²) < 4.78 is 40.5. The van der Waals surface area contributed by atoms with Crippen molar-refractivity contribution in [1.29, 1.82) is 0 Å². The fraction of sp³-hybridized carbons (Fsp3) is 0.333. The lowest BCUT2D eigenvalue weighted by molar-refractivity contribution is -0.154. The van der Waals surface area contributed by atoms with Crippen LogP contribution in [0.2, 0.25) is 0 Å². The van der Waals surface area contributed by atoms with Crippen molar-refractivity contribution in [3.63, 3.8) is 0 Å². The molecule has 108 valence electrons. The van der Waals surface area contributed by atoms with Gasteiger partial charge >= 0.3 is 6.18 Å². The van der Waals surface area contributed by atoms with E-state index in [9.17, 15) is 13.2 Å². The molecule has 0 aliphatic carbocycles. The second kappa shape index (κ2) is 6.08. The van der Waals surface area contributed by atoms with Gasteiger partial charge in [-0.25, -0.2) is 4.98 Å². The maximum atomic E-state index is 12.0. The monoisotopic (exact) mass is 303 g/mol. The van der Waals surface area contributed by atoms with Crippen molar-refractivity contribution >= 4 is 17.0 Å². The van der Waals surface area contributed by atoms with Crippen molar-refractivity contribution in [3.05, 3.63) is 34.9 Å². The number of anilines is 1. The van der Waals surface area contributed by atoms with E-state index < -0.39 is 12.8 Å². The lowest BCUT2D eigenvalue weighted by Crippen LogP contribution is -2.19. The fourth-order valence-electron chi connectivity index (χ4n) is 1.47. The standard InChI is InChI=1S/C12H12F3N3OS/c1-8(10-5-16-7-20-10)18-9-2-3-11(17-4-9)19-6-12(13,14)15/h2-5,7-8,18H,6H2,1H3. The highest BCUT2D eigenvalue weighted by Gasteiger charge is 2.28. The highest BCUT2D eigenvalue weighted by molar-refractivity contribution is 7.09. The molecular weight excluding hydrogens is 291 g/mol. The van der Waals surface area contributed by atoms with Gasteiger partial charge in [-0.3, -0.25) is 4.98 Å². The van der Waals surface area contributed by atoms with Crippen LogP contribution >= 0.6 is 11.3 Å². The number of hydrogen-bond acceptors (Lipinski definition) is 5. The second-order valence-corrected chi connectivity index (χ2v) is 4.98. The molecule has 0 aromatic carbocycles. The number of alkyl halides is 3. The normalized spacial score (nSPS) is 13.0. The number of rotatable bonds is 5. The number of aromatic nitrogens is 2. The van der Waals surface area contributed by atoms with Gasteiger partial charge < -0.3 is 10.1 Å². The summed E-state index contributed by atoms with van der Waals surface area (Å²) >= 11 is 1.52. The van der Waals surface area contributed by atoms with E-state index in [1.54, 1.807) is 17.8 Å². The van der Waals surface area contributed by atoms with Gasteiger partial charge in [-0.2, -0.15) is 13.2 Å². The highest BCUT2D eigenvalue weighted by atomic mass is 32.1. The lowest BCUT2D eigenvalue weighted by atomic mass is 10.3. The summed E-state index contributed by atoms with van der Waals surface area (Å²) in [7, 11) is 0. The maximum Gasteiger partial charge on any atom is 0.422 e. The summed E-state index contributed by atoms with van der Waals surface area (Å²) in [6, 6.07) is 3.07. The average molecular weight is 303 g/mol. The Morgan fingerprint density at radius 3 is 2.70 bits per heavy atom. The number of nitrogens with zero attached hydrogens (tertiary/aromatic N) is 2. The SMILES string of the molecule is CC(Nc1ccc(OCC(F)(F)F)nc1)c1cncs1. The minimum absolute atomic E-state index is 0.0474. The third kappa shape index (κ3) is 4.37. The predicted molar refractivity (Wildman–Crippen MR) is 69.9 cm³/mol. The summed E-state index contributed by atoms with van der Waals surface area (Å²) in [5.41, 5.74) is 2.44. The molecule has 0 aliphatic heterocycles. The van der Waals surface area contributed by atoms with Gasteiger partial charge in [-0.15, -0.1) is 11.3 Å². The molecule has 0 bridgehead atoms. The van der Waals surface area contributed by atoms with E-state index >= 15 is 0 Å². The summed E-state index contributed by atoms with van der Waals surface area (Å²) in [6.07, 6.45) is -1.17. The first-order chi connectivity index (χ1) is 9.44. The van der Waals surface area contributed by atoms with Crippen LogP contribution in [0.5, 0.6) is 5.88 Å². The molecule has 2 aromatic heterocycles. The molecule has 0 amide bonds. The van der Waals surface area contributed by atoms with E-state index in [0.29, 0.717) is 5.69 Å². The molecule has 2 heterocycles. The predicted octanol–water partition coefficient (Wildman–Crippen LogP) is 3.65. The molecule has 20 heavy (non-hydrogen) atoms. The average Bonchev–Trinajstić information content (AvgIpc) is 2.91. The highest BCUT2D eigenvalue weighted by Crippen LogP contribution is 2.23. The van der Waals surface area contributed by atoms with Crippen molar-refractivity contribution in [2.45, 2.75) is 19.1 Å². The number of nitrogens with one attached hydrogen (secondary N) is 1. The van der Waals surface area contributed by atoms with Crippen LogP contribution in [0, 0.1) is 0 Å². The largest absolute Gasteiger partial charge is 0.468 e. The minimum Gasteiger partial charge on any atom is -0.468 e. The van der Waals surface area contributed by atoms with Crippen molar-refractivity contribution in [1.82, 2.24) is 9.97 Å². The summed E-state index contributed by atoms with van der Waals surface area (Å²) in [4.78, 5) is 8.86. The molecule has 0 saturated heterocycles. The van der Waals surface area contributed by atoms with E-state index in [2.05, 4.69) is 20.0 Å².